The highest BCUT2D eigenvalue weighted by atomic mass is 32.1. The molecule has 92 valence electrons. The van der Waals surface area contributed by atoms with Gasteiger partial charge < -0.3 is 5.73 Å². The van der Waals surface area contributed by atoms with Gasteiger partial charge in [0.15, 0.2) is 0 Å². The van der Waals surface area contributed by atoms with Crippen molar-refractivity contribution in [1.82, 2.24) is 9.55 Å². The van der Waals surface area contributed by atoms with E-state index in [2.05, 4.69) is 4.98 Å². The van der Waals surface area contributed by atoms with Crippen molar-refractivity contribution in [1.29, 1.82) is 0 Å². The molecule has 1 aromatic carbocycles. The molecule has 0 saturated heterocycles. The van der Waals surface area contributed by atoms with E-state index in [4.69, 9.17) is 18.0 Å². The van der Waals surface area contributed by atoms with Crippen LogP contribution in [0.3, 0.4) is 0 Å². The third-order valence-corrected chi connectivity index (χ3v) is 2.84. The quantitative estimate of drug-likeness (QED) is 0.842. The minimum absolute atomic E-state index is 0.0547. The lowest BCUT2D eigenvalue weighted by atomic mass is 10.1. The van der Waals surface area contributed by atoms with Gasteiger partial charge in [-0.15, -0.1) is 0 Å². The van der Waals surface area contributed by atoms with Crippen molar-refractivity contribution in [2.45, 2.75) is 13.5 Å². The first-order valence-corrected chi connectivity index (χ1v) is 5.89. The van der Waals surface area contributed by atoms with Gasteiger partial charge in [-0.05, 0) is 12.5 Å². The second-order valence-corrected chi connectivity index (χ2v) is 4.50. The van der Waals surface area contributed by atoms with Crippen LogP contribution in [0.25, 0.3) is 0 Å². The Morgan fingerprint density at radius 1 is 1.39 bits per heavy atom. The fourth-order valence-corrected chi connectivity index (χ4v) is 1.74. The van der Waals surface area contributed by atoms with Crippen LogP contribution in [0.5, 0.6) is 0 Å². The Balaban J connectivity index is 2.23. The number of aryl methyl sites for hydroxylation is 1. The number of rotatable bonds is 3. The molecule has 1 aromatic heterocycles. The molecule has 0 aliphatic carbocycles. The monoisotopic (exact) mass is 259 g/mol. The third-order valence-electron chi connectivity index (χ3n) is 2.61. The largest absolute Gasteiger partial charge is 0.389 e. The molecule has 0 fully saturated rings. The Kier molecular flexibility index (Phi) is 3.53. The molecule has 1 heterocycles. The van der Waals surface area contributed by atoms with Gasteiger partial charge in [0.1, 0.15) is 4.99 Å². The van der Waals surface area contributed by atoms with Gasteiger partial charge in [0.05, 0.1) is 12.9 Å². The van der Waals surface area contributed by atoms with E-state index in [0.29, 0.717) is 11.5 Å². The molecule has 0 saturated carbocycles. The van der Waals surface area contributed by atoms with Crippen LogP contribution in [0.15, 0.2) is 41.5 Å². The van der Waals surface area contributed by atoms with Crippen LogP contribution in [0, 0.1) is 6.92 Å². The molecule has 0 aliphatic heterocycles. The van der Waals surface area contributed by atoms with Gasteiger partial charge in [-0.2, -0.15) is 0 Å². The summed E-state index contributed by atoms with van der Waals surface area (Å²) in [6.45, 7) is 2.28. The summed E-state index contributed by atoms with van der Waals surface area (Å²) in [5.41, 5.74) is 8.02. The summed E-state index contributed by atoms with van der Waals surface area (Å²) in [6.07, 6.45) is 1.55. The number of nitrogens with zero attached hydrogens (tertiary/aromatic N) is 2. The molecule has 2 rings (SSSR count). The number of nitrogens with two attached hydrogens (primary N) is 1. The predicted octanol–water partition coefficient (Wildman–Crippen LogP) is 1.23. The summed E-state index contributed by atoms with van der Waals surface area (Å²) in [7, 11) is 0. The lowest BCUT2D eigenvalue weighted by Crippen LogP contribution is -2.20. The van der Waals surface area contributed by atoms with E-state index in [-0.39, 0.29) is 5.56 Å². The molecule has 0 bridgehead atoms. The number of benzene rings is 1. The van der Waals surface area contributed by atoms with E-state index >= 15 is 0 Å². The standard InChI is InChI=1S/C13H13N3OS/c1-9-6-12(17)16(8-15-9)7-10-2-4-11(5-3-10)13(14)18/h2-6,8H,7H2,1H3,(H2,14,18). The van der Waals surface area contributed by atoms with E-state index in [1.165, 1.54) is 6.07 Å². The summed E-state index contributed by atoms with van der Waals surface area (Å²) in [5.74, 6) is 0. The minimum Gasteiger partial charge on any atom is -0.389 e. The molecule has 2 N–H and O–H groups in total. The van der Waals surface area contributed by atoms with Gasteiger partial charge in [0, 0.05) is 17.3 Å². The fourth-order valence-electron chi connectivity index (χ4n) is 1.61. The van der Waals surface area contributed by atoms with Crippen LogP contribution in [0.4, 0.5) is 0 Å². The smallest absolute Gasteiger partial charge is 0.253 e. The molecule has 0 unspecified atom stereocenters. The van der Waals surface area contributed by atoms with Crippen molar-refractivity contribution in [3.8, 4) is 0 Å². The van der Waals surface area contributed by atoms with Crippen molar-refractivity contribution >= 4 is 17.2 Å². The first kappa shape index (κ1) is 12.4. The Morgan fingerprint density at radius 3 is 2.61 bits per heavy atom. The lowest BCUT2D eigenvalue weighted by Gasteiger charge is -2.06. The van der Waals surface area contributed by atoms with Gasteiger partial charge in [0.25, 0.3) is 5.56 Å². The topological polar surface area (TPSA) is 60.9 Å². The molecule has 0 atom stereocenters. The van der Waals surface area contributed by atoms with E-state index in [1.54, 1.807) is 17.8 Å². The minimum atomic E-state index is -0.0547. The normalized spacial score (nSPS) is 10.3. The number of hydrogen-bond acceptors (Lipinski definition) is 3. The second-order valence-electron chi connectivity index (χ2n) is 4.06. The molecule has 0 amide bonds. The van der Waals surface area contributed by atoms with Crippen LogP contribution in [0.1, 0.15) is 16.8 Å². The van der Waals surface area contributed by atoms with Gasteiger partial charge in [-0.3, -0.25) is 9.36 Å². The Labute approximate surface area is 110 Å². The molecule has 0 radical (unpaired) electrons. The maximum absolute atomic E-state index is 11.7. The molecule has 2 aromatic rings. The van der Waals surface area contributed by atoms with Gasteiger partial charge in [-0.1, -0.05) is 36.5 Å². The lowest BCUT2D eigenvalue weighted by molar-refractivity contribution is 0.730. The van der Waals surface area contributed by atoms with Crippen LogP contribution in [-0.4, -0.2) is 14.5 Å². The maximum atomic E-state index is 11.7. The zero-order chi connectivity index (χ0) is 13.1. The van der Waals surface area contributed by atoms with Gasteiger partial charge >= 0.3 is 0 Å². The Hall–Kier alpha value is -2.01. The summed E-state index contributed by atoms with van der Waals surface area (Å²) in [6, 6.07) is 9.03. The molecule has 4 nitrogen and oxygen atoms in total. The highest BCUT2D eigenvalue weighted by Gasteiger charge is 2.00. The molecule has 0 aliphatic rings. The van der Waals surface area contributed by atoms with E-state index < -0.39 is 0 Å². The SMILES string of the molecule is Cc1cc(=O)n(Cc2ccc(C(N)=S)cc2)cn1. The molecule has 18 heavy (non-hydrogen) atoms. The molecular formula is C13H13N3OS. The average molecular weight is 259 g/mol. The van der Waals surface area contributed by atoms with E-state index in [1.807, 2.05) is 24.3 Å². The highest BCUT2D eigenvalue weighted by Crippen LogP contribution is 2.05. The summed E-state index contributed by atoms with van der Waals surface area (Å²) in [4.78, 5) is 16.2. The summed E-state index contributed by atoms with van der Waals surface area (Å²) >= 11 is 4.88. The first-order valence-electron chi connectivity index (χ1n) is 5.48. The average Bonchev–Trinajstić information content (AvgIpc) is 2.33. The first-order chi connectivity index (χ1) is 8.56. The van der Waals surface area contributed by atoms with Crippen LogP contribution >= 0.6 is 12.2 Å². The van der Waals surface area contributed by atoms with Gasteiger partial charge in [-0.25, -0.2) is 4.98 Å². The fraction of sp³-hybridized carbons (Fsp3) is 0.154. The number of hydrogen-bond donors (Lipinski definition) is 1. The second kappa shape index (κ2) is 5.10. The zero-order valence-corrected chi connectivity index (χ0v) is 10.8. The summed E-state index contributed by atoms with van der Waals surface area (Å²) in [5, 5.41) is 0. The number of aromatic nitrogens is 2. The third kappa shape index (κ3) is 2.81. The van der Waals surface area contributed by atoms with E-state index in [9.17, 15) is 4.79 Å². The van der Waals surface area contributed by atoms with Crippen molar-refractivity contribution in [3.63, 3.8) is 0 Å². The highest BCUT2D eigenvalue weighted by molar-refractivity contribution is 7.80. The van der Waals surface area contributed by atoms with Crippen LogP contribution in [0.2, 0.25) is 0 Å². The Bertz CT molecular complexity index is 631. The zero-order valence-electron chi connectivity index (χ0n) is 9.96. The van der Waals surface area contributed by atoms with Crippen molar-refractivity contribution in [3.05, 3.63) is 63.8 Å². The molecule has 5 heteroatoms. The van der Waals surface area contributed by atoms with Crippen LogP contribution in [-0.2, 0) is 6.54 Å². The van der Waals surface area contributed by atoms with Crippen molar-refractivity contribution in [2.75, 3.05) is 0 Å². The van der Waals surface area contributed by atoms with E-state index in [0.717, 1.165) is 16.8 Å². The number of thiocarbonyl (C=S) groups is 1. The predicted molar refractivity (Wildman–Crippen MR) is 74.7 cm³/mol. The Morgan fingerprint density at radius 2 is 2.06 bits per heavy atom. The van der Waals surface area contributed by atoms with Crippen molar-refractivity contribution < 1.29 is 0 Å². The molecular weight excluding hydrogens is 246 g/mol. The maximum Gasteiger partial charge on any atom is 0.253 e. The van der Waals surface area contributed by atoms with Crippen molar-refractivity contribution in [2.24, 2.45) is 5.73 Å². The van der Waals surface area contributed by atoms with Gasteiger partial charge in [0.2, 0.25) is 0 Å². The molecule has 0 spiro atoms. The summed E-state index contributed by atoms with van der Waals surface area (Å²) < 4.78 is 1.56. The van der Waals surface area contributed by atoms with Crippen LogP contribution < -0.4 is 11.3 Å².